The van der Waals surface area contributed by atoms with Gasteiger partial charge >= 0.3 is 5.97 Å². The number of primary sulfonamides is 1. The normalized spacial score (nSPS) is 29.0. The van der Waals surface area contributed by atoms with Crippen LogP contribution in [0.4, 0.5) is 8.78 Å². The predicted octanol–water partition coefficient (Wildman–Crippen LogP) is 12.2. The lowest BCUT2D eigenvalue weighted by Gasteiger charge is -2.29. The molecule has 2 saturated heterocycles. The quantitative estimate of drug-likeness (QED) is 0.0906. The molecule has 2 aromatic heterocycles. The molecule has 4 aromatic carbocycles. The zero-order chi connectivity index (χ0) is 70.1. The number of sulfonamides is 2. The molecule has 14 rings (SSSR count). The molecule has 3 amide bonds. The summed E-state index contributed by atoms with van der Waals surface area (Å²) in [5, 5.41) is 15.9. The number of carboxylic acids is 1. The summed E-state index contributed by atoms with van der Waals surface area (Å²) in [4.78, 5) is 95.6. The largest absolute Gasteiger partial charge is 0.481 e. The molecule has 99 heavy (non-hydrogen) atoms. The number of fused-ring (bicyclic) bond motifs is 6. The molecule has 0 bridgehead atoms. The number of ketones is 2. The van der Waals surface area contributed by atoms with Crippen LogP contribution in [-0.4, -0.2) is 124 Å². The van der Waals surface area contributed by atoms with Gasteiger partial charge < -0.3 is 24.4 Å². The molecule has 10 atom stereocenters. The minimum Gasteiger partial charge on any atom is -0.481 e. The van der Waals surface area contributed by atoms with Gasteiger partial charge in [0.1, 0.15) is 23.8 Å². The van der Waals surface area contributed by atoms with Gasteiger partial charge in [0.15, 0.2) is 11.6 Å². The van der Waals surface area contributed by atoms with E-state index >= 15 is 0 Å². The number of para-hydroxylation sites is 2. The van der Waals surface area contributed by atoms with Gasteiger partial charge in [-0.1, -0.05) is 121 Å². The highest BCUT2D eigenvalue weighted by Gasteiger charge is 2.64. The maximum Gasteiger partial charge on any atom is 0.310 e. The van der Waals surface area contributed by atoms with Gasteiger partial charge in [-0.15, -0.1) is 0 Å². The Bertz CT molecular complexity index is 4240. The Balaban J connectivity index is 0.000000170. The van der Waals surface area contributed by atoms with E-state index in [-0.39, 0.29) is 85.1 Å². The summed E-state index contributed by atoms with van der Waals surface area (Å²) in [6, 6.07) is 26.2. The molecule has 25 heteroatoms. The molecule has 0 spiro atoms. The summed E-state index contributed by atoms with van der Waals surface area (Å²) < 4.78 is 89.9. The second kappa shape index (κ2) is 29.3. The van der Waals surface area contributed by atoms with Gasteiger partial charge in [0, 0.05) is 37.5 Å². The summed E-state index contributed by atoms with van der Waals surface area (Å²) in [6.45, 7) is 3.71. The molecule has 0 radical (unpaired) electrons. The third-order valence-corrected chi connectivity index (χ3v) is 27.4. The van der Waals surface area contributed by atoms with Crippen molar-refractivity contribution in [2.24, 2.45) is 39.6 Å². The molecule has 4 aliphatic carbocycles. The van der Waals surface area contributed by atoms with E-state index < -0.39 is 82.5 Å². The first-order chi connectivity index (χ1) is 47.2. The van der Waals surface area contributed by atoms with Crippen molar-refractivity contribution in [1.82, 2.24) is 24.5 Å². The first-order valence-electron chi connectivity index (χ1n) is 34.6. The summed E-state index contributed by atoms with van der Waals surface area (Å²) >= 11 is 2.82. The Kier molecular flexibility index (Phi) is 21.2. The SMILES string of the molecule is CC1(S(=O)(=O)NC(=O)[C@]23CC(=O)[C@@H]4C[C@@H](Oc5nc6ccccc6s5)CN4C(=O)[C@@H](Cc4ccc(F)cc4)CCCCC/C=C\[C@@H]2C3)CC1.CC1(S(N)(=O)=O)CC1.O=C1C[C@]2(C(=O)O)C[C@H]2/C=C\CCCCC[C@H](Cc2ccc(F)cc2)C(=O)N2C[C@H](Oc3nc4ccccc4s3)C[C@@H]12. The number of Topliss-reactive ketones (excluding diaryl/α,β-unsaturated/α-hetero) is 2. The Morgan fingerprint density at radius 2 is 1.03 bits per heavy atom. The van der Waals surface area contributed by atoms with Crippen molar-refractivity contribution >= 4 is 98.4 Å². The number of halogens is 2. The number of rotatable bonds is 13. The van der Waals surface area contributed by atoms with Crippen molar-refractivity contribution in [2.75, 3.05) is 13.1 Å². The van der Waals surface area contributed by atoms with E-state index in [1.54, 1.807) is 47.9 Å². The number of carbonyl (C=O) groups excluding carboxylic acids is 5. The lowest BCUT2D eigenvalue weighted by atomic mass is 9.90. The number of hydrogen-bond acceptors (Lipinski definition) is 16. The number of aliphatic carboxylic acids is 1. The maximum atomic E-state index is 14.5. The minimum atomic E-state index is -3.90. The van der Waals surface area contributed by atoms with Crippen LogP contribution in [0.3, 0.4) is 0 Å². The van der Waals surface area contributed by atoms with Gasteiger partial charge in [0.05, 0.1) is 65.9 Å². The Hall–Kier alpha value is -7.32. The van der Waals surface area contributed by atoms with Crippen molar-refractivity contribution in [3.8, 4) is 10.4 Å². The van der Waals surface area contributed by atoms with E-state index in [0.29, 0.717) is 68.2 Å². The highest BCUT2D eigenvalue weighted by molar-refractivity contribution is 7.91. The minimum absolute atomic E-state index is 0.109. The predicted molar refractivity (Wildman–Crippen MR) is 373 cm³/mol. The van der Waals surface area contributed by atoms with Crippen molar-refractivity contribution in [3.63, 3.8) is 0 Å². The van der Waals surface area contributed by atoms with E-state index in [0.717, 1.165) is 95.8 Å². The fraction of sp³-hybridized carbons (Fsp3) is 0.514. The summed E-state index contributed by atoms with van der Waals surface area (Å²) in [5.74, 6) is -4.32. The van der Waals surface area contributed by atoms with Crippen molar-refractivity contribution in [1.29, 1.82) is 0 Å². The summed E-state index contributed by atoms with van der Waals surface area (Å²) in [5.41, 5.74) is 1.03. The highest BCUT2D eigenvalue weighted by Crippen LogP contribution is 2.59. The number of benzene rings is 4. The third-order valence-electron chi connectivity index (χ3n) is 21.6. The van der Waals surface area contributed by atoms with Crippen LogP contribution in [-0.2, 0) is 61.7 Å². The molecule has 4 N–H and O–H groups in total. The van der Waals surface area contributed by atoms with Gasteiger partial charge in [-0.3, -0.25) is 33.5 Å². The van der Waals surface area contributed by atoms with Crippen LogP contribution in [0.25, 0.3) is 20.4 Å². The molecule has 19 nitrogen and oxygen atoms in total. The summed E-state index contributed by atoms with van der Waals surface area (Å²) in [7, 11) is -7.13. The van der Waals surface area contributed by atoms with Gasteiger partial charge in [-0.05, 0) is 175 Å². The molecule has 4 aliphatic heterocycles. The second-order valence-corrected chi connectivity index (χ2v) is 35.2. The van der Waals surface area contributed by atoms with Crippen molar-refractivity contribution < 1.29 is 69.0 Å². The van der Waals surface area contributed by atoms with Crippen LogP contribution in [0.5, 0.6) is 10.4 Å². The summed E-state index contributed by atoms with van der Waals surface area (Å²) in [6.07, 6.45) is 19.7. The molecule has 8 aliphatic rings. The first kappa shape index (κ1) is 71.5. The van der Waals surface area contributed by atoms with Crippen LogP contribution >= 0.6 is 22.7 Å². The number of thiazole rings is 2. The number of ether oxygens (including phenoxy) is 2. The number of allylic oxidation sites excluding steroid dienone is 4. The molecular weight excluding hydrogens is 1350 g/mol. The average Bonchev–Trinajstić information content (AvgIpc) is 1.58. The number of nitrogens with one attached hydrogen (secondary N) is 1. The van der Waals surface area contributed by atoms with Gasteiger partial charge in [-0.2, -0.15) is 0 Å². The fourth-order valence-electron chi connectivity index (χ4n) is 14.4. The molecule has 0 unspecified atom stereocenters. The van der Waals surface area contributed by atoms with Crippen LogP contribution in [0.1, 0.15) is 153 Å². The van der Waals surface area contributed by atoms with E-state index in [9.17, 15) is 59.5 Å². The number of amides is 3. The zero-order valence-electron chi connectivity index (χ0n) is 55.7. The smallest absolute Gasteiger partial charge is 0.310 e. The van der Waals surface area contributed by atoms with E-state index in [1.165, 1.54) is 46.9 Å². The van der Waals surface area contributed by atoms with Crippen LogP contribution in [0.2, 0.25) is 0 Å². The number of carbonyl (C=O) groups is 6. The Morgan fingerprint density at radius 3 is 1.44 bits per heavy atom. The lowest BCUT2D eigenvalue weighted by Crippen LogP contribution is -2.47. The standard InChI is InChI=1S/C37H42FN3O6S2.C33H35FN2O5S.C4H9NO2S/c1-36(17-18-36)49(45,46)40-34(44)37-21-26(37)10-6-4-2-3-5-9-25(19-24-13-15-27(38)16-14-24)33(43)41-23-28(20-30(41)31(42)22-37)47-35-39-29-11-7-8-12-32(29)48-35;34-24-14-12-21(13-15-24)16-22-8-4-2-1-3-5-9-23-18-33(23,31(39)40)19-28(37)27-17-25(20-36(27)30(22)38)41-32-35-26-10-6-7-11-29(26)42-32;1-4(2-3-4)8(5,6)7/h6-8,10-16,25-26,28,30H,2-5,9,17-23H2,1H3,(H,40,44);5-7,9-15,22-23,25,27H,1-4,8,16-20H2,(H,39,40);2-3H2,1H3,(H2,5,6,7)/b10-6-;9-5-;/t25-,26-,28-,30+,37-;22-,23-,25-,27+,33-;/m11./s1. The maximum absolute atomic E-state index is 14.5. The topological polar surface area (TPSA) is 280 Å². The fourth-order valence-corrected chi connectivity index (χ4v) is 18.2. The van der Waals surface area contributed by atoms with Crippen molar-refractivity contribution in [3.05, 3.63) is 144 Å². The second-order valence-electron chi connectivity index (χ2n) is 29.0. The van der Waals surface area contributed by atoms with E-state index in [2.05, 4.69) is 14.7 Å². The Morgan fingerprint density at radius 1 is 0.606 bits per heavy atom. The number of nitrogens with zero attached hydrogens (tertiary/aromatic N) is 4. The first-order valence-corrected chi connectivity index (χ1v) is 39.3. The van der Waals surface area contributed by atoms with Gasteiger partial charge in [0.25, 0.3) is 10.4 Å². The number of aromatic nitrogens is 2. The Labute approximate surface area is 584 Å². The van der Waals surface area contributed by atoms with Crippen LogP contribution in [0.15, 0.2) is 121 Å². The monoisotopic (exact) mass is 1430 g/mol. The zero-order valence-corrected chi connectivity index (χ0v) is 59.0. The van der Waals surface area contributed by atoms with E-state index in [4.69, 9.17) is 14.6 Å². The van der Waals surface area contributed by atoms with Crippen LogP contribution < -0.4 is 19.3 Å². The van der Waals surface area contributed by atoms with Crippen molar-refractivity contribution in [2.45, 2.75) is 189 Å². The average molecular weight is 1430 g/mol. The van der Waals surface area contributed by atoms with E-state index in [1.807, 2.05) is 72.8 Å². The molecular formula is C74H86F2N6O13S4. The molecule has 6 aromatic rings. The number of nitrogens with two attached hydrogens (primary N) is 1. The molecule has 6 heterocycles. The molecule has 4 saturated carbocycles. The van der Waals surface area contributed by atoms with Gasteiger partial charge in [-0.25, -0.2) is 40.7 Å². The molecule has 6 fully saturated rings. The van der Waals surface area contributed by atoms with Gasteiger partial charge in [0.2, 0.25) is 37.8 Å². The number of hydrogen-bond donors (Lipinski definition) is 3. The van der Waals surface area contributed by atoms with Crippen LogP contribution in [0, 0.1) is 46.1 Å². The number of carboxylic acid groups (broad SMARTS) is 1. The lowest BCUT2D eigenvalue weighted by molar-refractivity contribution is -0.147. The third kappa shape index (κ3) is 16.5. The molecule has 528 valence electrons. The highest BCUT2D eigenvalue weighted by atomic mass is 32.2.